The number of hydrogen-bond acceptors (Lipinski definition) is 4. The summed E-state index contributed by atoms with van der Waals surface area (Å²) >= 11 is 0. The molecule has 0 radical (unpaired) electrons. The summed E-state index contributed by atoms with van der Waals surface area (Å²) in [6.07, 6.45) is 4.64. The fourth-order valence-corrected chi connectivity index (χ4v) is 1.74. The number of carbonyl (C=O) groups is 2. The molecule has 0 saturated heterocycles. The number of esters is 1. The van der Waals surface area contributed by atoms with Crippen LogP contribution in [0.3, 0.4) is 0 Å². The van der Waals surface area contributed by atoms with Gasteiger partial charge in [0.2, 0.25) is 5.91 Å². The molecule has 0 N–H and O–H groups in total. The predicted molar refractivity (Wildman–Crippen MR) is 71.2 cm³/mol. The molecule has 1 amide bonds. The van der Waals surface area contributed by atoms with Crippen LogP contribution in [0.1, 0.15) is 31.7 Å². The third-order valence-corrected chi connectivity index (χ3v) is 2.71. The van der Waals surface area contributed by atoms with Gasteiger partial charge in [0.15, 0.2) is 0 Å². The first-order valence-electron chi connectivity index (χ1n) is 6.40. The van der Waals surface area contributed by atoms with Crippen molar-refractivity contribution in [1.82, 2.24) is 9.88 Å². The van der Waals surface area contributed by atoms with Crippen molar-refractivity contribution in [2.24, 2.45) is 0 Å². The normalized spacial score (nSPS) is 10.0. The average Bonchev–Trinajstić information content (AvgIpc) is 2.45. The van der Waals surface area contributed by atoms with Crippen molar-refractivity contribution in [3.63, 3.8) is 0 Å². The molecule has 19 heavy (non-hydrogen) atoms. The Bertz CT molecular complexity index is 406. The van der Waals surface area contributed by atoms with E-state index in [1.165, 1.54) is 7.11 Å². The zero-order chi connectivity index (χ0) is 14.1. The number of nitrogens with zero attached hydrogens (tertiary/aromatic N) is 2. The summed E-state index contributed by atoms with van der Waals surface area (Å²) in [5.41, 5.74) is 0.988. The highest BCUT2D eigenvalue weighted by atomic mass is 16.5. The number of pyridine rings is 1. The Hall–Kier alpha value is -1.91. The molecule has 0 aliphatic heterocycles. The zero-order valence-electron chi connectivity index (χ0n) is 11.5. The molecule has 1 heterocycles. The van der Waals surface area contributed by atoms with E-state index in [9.17, 15) is 9.59 Å². The molecular formula is C14H20N2O3. The van der Waals surface area contributed by atoms with Crippen molar-refractivity contribution in [2.75, 3.05) is 13.7 Å². The second-order valence-electron chi connectivity index (χ2n) is 4.25. The summed E-state index contributed by atoms with van der Waals surface area (Å²) < 4.78 is 4.54. The lowest BCUT2D eigenvalue weighted by atomic mass is 10.2. The molecule has 5 heteroatoms. The Labute approximate surface area is 113 Å². The van der Waals surface area contributed by atoms with Crippen molar-refractivity contribution in [3.05, 3.63) is 30.1 Å². The Morgan fingerprint density at radius 3 is 2.74 bits per heavy atom. The SMILES string of the molecule is CCCN(Cc1cccnc1)C(=O)CCC(=O)OC. The maximum absolute atomic E-state index is 12.1. The van der Waals surface area contributed by atoms with Gasteiger partial charge in [-0.15, -0.1) is 0 Å². The van der Waals surface area contributed by atoms with Gasteiger partial charge in [0.1, 0.15) is 0 Å². The molecule has 1 aromatic heterocycles. The van der Waals surface area contributed by atoms with Crippen molar-refractivity contribution < 1.29 is 14.3 Å². The van der Waals surface area contributed by atoms with E-state index in [1.807, 2.05) is 19.1 Å². The van der Waals surface area contributed by atoms with Gasteiger partial charge in [-0.1, -0.05) is 13.0 Å². The molecule has 0 atom stereocenters. The first-order chi connectivity index (χ1) is 9.17. The minimum absolute atomic E-state index is 0.0314. The van der Waals surface area contributed by atoms with Gasteiger partial charge in [-0.25, -0.2) is 0 Å². The third kappa shape index (κ3) is 5.50. The second-order valence-corrected chi connectivity index (χ2v) is 4.25. The van der Waals surface area contributed by atoms with Crippen LogP contribution in [0.5, 0.6) is 0 Å². The minimum Gasteiger partial charge on any atom is -0.469 e. The molecule has 0 aromatic carbocycles. The van der Waals surface area contributed by atoms with Gasteiger partial charge in [-0.2, -0.15) is 0 Å². The predicted octanol–water partition coefficient (Wildman–Crippen LogP) is 1.77. The quantitative estimate of drug-likeness (QED) is 0.704. The van der Waals surface area contributed by atoms with E-state index in [-0.39, 0.29) is 24.7 Å². The molecule has 1 rings (SSSR count). The summed E-state index contributed by atoms with van der Waals surface area (Å²) in [6, 6.07) is 3.78. The zero-order valence-corrected chi connectivity index (χ0v) is 11.5. The molecule has 104 valence electrons. The molecule has 0 unspecified atom stereocenters. The standard InChI is InChI=1S/C14H20N2O3/c1-3-9-16(11-12-5-4-8-15-10-12)13(17)6-7-14(18)19-2/h4-5,8,10H,3,6-7,9,11H2,1-2H3. The maximum atomic E-state index is 12.1. The number of aromatic nitrogens is 1. The van der Waals surface area contributed by atoms with E-state index in [0.29, 0.717) is 13.1 Å². The largest absolute Gasteiger partial charge is 0.469 e. The van der Waals surface area contributed by atoms with Crippen LogP contribution in [-0.2, 0) is 20.9 Å². The van der Waals surface area contributed by atoms with Gasteiger partial charge in [0, 0.05) is 31.9 Å². The van der Waals surface area contributed by atoms with Gasteiger partial charge < -0.3 is 9.64 Å². The molecule has 0 aliphatic carbocycles. The van der Waals surface area contributed by atoms with E-state index in [4.69, 9.17) is 0 Å². The Morgan fingerprint density at radius 2 is 2.16 bits per heavy atom. The van der Waals surface area contributed by atoms with Gasteiger partial charge in [0.05, 0.1) is 13.5 Å². The van der Waals surface area contributed by atoms with E-state index >= 15 is 0 Å². The van der Waals surface area contributed by atoms with Gasteiger partial charge >= 0.3 is 5.97 Å². The number of carbonyl (C=O) groups excluding carboxylic acids is 2. The molecule has 1 aromatic rings. The maximum Gasteiger partial charge on any atom is 0.306 e. The lowest BCUT2D eigenvalue weighted by Crippen LogP contribution is -2.31. The molecule has 0 fully saturated rings. The van der Waals surface area contributed by atoms with Gasteiger partial charge in [-0.05, 0) is 18.1 Å². The van der Waals surface area contributed by atoms with Crippen molar-refractivity contribution in [2.45, 2.75) is 32.7 Å². The number of ether oxygens (including phenoxy) is 1. The highest BCUT2D eigenvalue weighted by Gasteiger charge is 2.15. The van der Waals surface area contributed by atoms with Crippen LogP contribution >= 0.6 is 0 Å². The van der Waals surface area contributed by atoms with Crippen LogP contribution in [0.15, 0.2) is 24.5 Å². The van der Waals surface area contributed by atoms with Crippen molar-refractivity contribution in [1.29, 1.82) is 0 Å². The number of rotatable bonds is 7. The van der Waals surface area contributed by atoms with Gasteiger partial charge in [-0.3, -0.25) is 14.6 Å². The van der Waals surface area contributed by atoms with Crippen LogP contribution in [0.2, 0.25) is 0 Å². The monoisotopic (exact) mass is 264 g/mol. The van der Waals surface area contributed by atoms with E-state index in [0.717, 1.165) is 12.0 Å². The molecule has 0 aliphatic rings. The minimum atomic E-state index is -0.355. The van der Waals surface area contributed by atoms with Gasteiger partial charge in [0.25, 0.3) is 0 Å². The van der Waals surface area contributed by atoms with E-state index < -0.39 is 0 Å². The fourth-order valence-electron chi connectivity index (χ4n) is 1.74. The summed E-state index contributed by atoms with van der Waals surface area (Å²) in [6.45, 7) is 3.22. The highest BCUT2D eigenvalue weighted by molar-refractivity contribution is 5.81. The Morgan fingerprint density at radius 1 is 1.37 bits per heavy atom. The summed E-state index contributed by atoms with van der Waals surface area (Å²) in [5.74, 6) is -0.387. The van der Waals surface area contributed by atoms with Crippen LogP contribution < -0.4 is 0 Å². The lowest BCUT2D eigenvalue weighted by molar-refractivity contribution is -0.143. The van der Waals surface area contributed by atoms with Crippen LogP contribution in [0.4, 0.5) is 0 Å². The fraction of sp³-hybridized carbons (Fsp3) is 0.500. The molecular weight excluding hydrogens is 244 g/mol. The van der Waals surface area contributed by atoms with Crippen LogP contribution in [0, 0.1) is 0 Å². The summed E-state index contributed by atoms with van der Waals surface area (Å²) in [5, 5.41) is 0. The average molecular weight is 264 g/mol. The van der Waals surface area contributed by atoms with E-state index in [2.05, 4.69) is 9.72 Å². The smallest absolute Gasteiger partial charge is 0.306 e. The summed E-state index contributed by atoms with van der Waals surface area (Å²) in [7, 11) is 1.33. The number of hydrogen-bond donors (Lipinski definition) is 0. The van der Waals surface area contributed by atoms with E-state index in [1.54, 1.807) is 17.3 Å². The Balaban J connectivity index is 2.56. The molecule has 0 saturated carbocycles. The number of amides is 1. The second kappa shape index (κ2) is 8.24. The molecule has 5 nitrogen and oxygen atoms in total. The lowest BCUT2D eigenvalue weighted by Gasteiger charge is -2.22. The Kier molecular flexibility index (Phi) is 6.57. The first-order valence-corrected chi connectivity index (χ1v) is 6.40. The summed E-state index contributed by atoms with van der Waals surface area (Å²) in [4.78, 5) is 28.9. The number of methoxy groups -OCH3 is 1. The third-order valence-electron chi connectivity index (χ3n) is 2.71. The molecule has 0 spiro atoms. The molecule has 0 bridgehead atoms. The van der Waals surface area contributed by atoms with Crippen molar-refractivity contribution >= 4 is 11.9 Å². The van der Waals surface area contributed by atoms with Crippen molar-refractivity contribution in [3.8, 4) is 0 Å². The first kappa shape index (κ1) is 15.1. The topological polar surface area (TPSA) is 59.5 Å². The van der Waals surface area contributed by atoms with Crippen LogP contribution in [-0.4, -0.2) is 35.4 Å². The highest BCUT2D eigenvalue weighted by Crippen LogP contribution is 2.07. The van der Waals surface area contributed by atoms with Crippen LogP contribution in [0.25, 0.3) is 0 Å².